The minimum atomic E-state index is -0.603. The molecule has 1 aliphatic heterocycles. The van der Waals surface area contributed by atoms with Crippen LogP contribution in [-0.2, 0) is 14.2 Å². The highest BCUT2D eigenvalue weighted by Gasteiger charge is 2.40. The zero-order chi connectivity index (χ0) is 11.6. The number of allylic oxidation sites excluding steroid dienone is 1. The van der Waals surface area contributed by atoms with Crippen LogP contribution in [0.2, 0.25) is 0 Å². The Morgan fingerprint density at radius 3 is 2.47 bits per heavy atom. The monoisotopic (exact) mass is 212 g/mol. The van der Waals surface area contributed by atoms with Gasteiger partial charge in [0.25, 0.3) is 0 Å². The molecule has 2 unspecified atom stereocenters. The van der Waals surface area contributed by atoms with Crippen LogP contribution >= 0.6 is 0 Å². The number of rotatable bonds is 3. The van der Waals surface area contributed by atoms with Crippen molar-refractivity contribution >= 4 is 0 Å². The van der Waals surface area contributed by atoms with Gasteiger partial charge in [-0.25, -0.2) is 0 Å². The first kappa shape index (κ1) is 12.3. The molecule has 1 rings (SSSR count). The molecule has 0 N–H and O–H groups in total. The Hall–Kier alpha value is -0.800. The van der Waals surface area contributed by atoms with Gasteiger partial charge in [0.15, 0.2) is 0 Å². The molecular formula is C12H20O3. The van der Waals surface area contributed by atoms with E-state index in [1.165, 1.54) is 5.57 Å². The second-order valence-electron chi connectivity index (χ2n) is 4.45. The molecule has 0 aromatic heterocycles. The summed E-state index contributed by atoms with van der Waals surface area (Å²) in [4.78, 5) is 0. The average molecular weight is 212 g/mol. The molecule has 0 radical (unpaired) electrons. The Morgan fingerprint density at radius 2 is 2.13 bits per heavy atom. The fourth-order valence-corrected chi connectivity index (χ4v) is 1.63. The molecule has 0 saturated carbocycles. The maximum Gasteiger partial charge on any atom is 0.205 e. The summed E-state index contributed by atoms with van der Waals surface area (Å²) >= 11 is 0. The summed E-state index contributed by atoms with van der Waals surface area (Å²) in [6, 6.07) is 0. The van der Waals surface area contributed by atoms with Crippen molar-refractivity contribution in [2.45, 2.75) is 45.7 Å². The van der Waals surface area contributed by atoms with Crippen LogP contribution in [0.1, 0.15) is 27.7 Å². The molecule has 0 aromatic rings. The average Bonchev–Trinajstić information content (AvgIpc) is 2.35. The number of hydrogen-bond acceptors (Lipinski definition) is 3. The highest BCUT2D eigenvalue weighted by Crippen LogP contribution is 2.32. The predicted octanol–water partition coefficient (Wildman–Crippen LogP) is 2.63. The van der Waals surface area contributed by atoms with E-state index in [4.69, 9.17) is 14.2 Å². The minimum Gasteiger partial charge on any atom is -0.465 e. The molecule has 3 nitrogen and oxygen atoms in total. The molecule has 1 aliphatic rings. The van der Waals surface area contributed by atoms with Crippen LogP contribution < -0.4 is 0 Å². The van der Waals surface area contributed by atoms with E-state index >= 15 is 0 Å². The molecule has 0 amide bonds. The van der Waals surface area contributed by atoms with Crippen molar-refractivity contribution in [1.29, 1.82) is 0 Å². The van der Waals surface area contributed by atoms with Gasteiger partial charge in [0.2, 0.25) is 5.79 Å². The first-order valence-corrected chi connectivity index (χ1v) is 5.09. The van der Waals surface area contributed by atoms with Crippen molar-refractivity contribution in [1.82, 2.24) is 0 Å². The standard InChI is InChI=1S/C12H20O3/c1-8(2)7-10(13-6)11-9(3)14-12(4,5)15-11/h7,10-11H,3H2,1-2,4-6H3. The maximum atomic E-state index is 5.72. The zero-order valence-corrected chi connectivity index (χ0v) is 10.2. The summed E-state index contributed by atoms with van der Waals surface area (Å²) in [5, 5.41) is 0. The van der Waals surface area contributed by atoms with Gasteiger partial charge in [-0.05, 0) is 13.8 Å². The molecule has 1 fully saturated rings. The van der Waals surface area contributed by atoms with Crippen molar-refractivity contribution in [2.75, 3.05) is 7.11 Å². The number of ether oxygens (including phenoxy) is 3. The molecule has 3 heteroatoms. The number of methoxy groups -OCH3 is 1. The number of hydrogen-bond donors (Lipinski definition) is 0. The summed E-state index contributed by atoms with van der Waals surface area (Å²) < 4.78 is 16.6. The Bertz CT molecular complexity index is 275. The van der Waals surface area contributed by atoms with Gasteiger partial charge < -0.3 is 14.2 Å². The topological polar surface area (TPSA) is 27.7 Å². The lowest BCUT2D eigenvalue weighted by Crippen LogP contribution is -2.30. The lowest BCUT2D eigenvalue weighted by Gasteiger charge is -2.20. The summed E-state index contributed by atoms with van der Waals surface area (Å²) in [5.74, 6) is 0.0259. The Labute approximate surface area is 91.7 Å². The van der Waals surface area contributed by atoms with E-state index in [9.17, 15) is 0 Å². The fraction of sp³-hybridized carbons (Fsp3) is 0.667. The molecule has 86 valence electrons. The van der Waals surface area contributed by atoms with Crippen LogP contribution in [0.15, 0.2) is 24.0 Å². The molecule has 15 heavy (non-hydrogen) atoms. The third kappa shape index (κ3) is 3.08. The van der Waals surface area contributed by atoms with Gasteiger partial charge in [0.05, 0.1) is 0 Å². The maximum absolute atomic E-state index is 5.72. The SMILES string of the molecule is C=C1OC(C)(C)OC1C(C=C(C)C)OC. The van der Waals surface area contributed by atoms with E-state index in [0.29, 0.717) is 5.76 Å². The van der Waals surface area contributed by atoms with Crippen molar-refractivity contribution in [3.63, 3.8) is 0 Å². The minimum absolute atomic E-state index is 0.135. The highest BCUT2D eigenvalue weighted by molar-refractivity contribution is 5.11. The van der Waals surface area contributed by atoms with Crippen LogP contribution in [0.4, 0.5) is 0 Å². The van der Waals surface area contributed by atoms with Gasteiger partial charge in [-0.15, -0.1) is 0 Å². The van der Waals surface area contributed by atoms with Crippen LogP contribution in [0.5, 0.6) is 0 Å². The van der Waals surface area contributed by atoms with E-state index in [-0.39, 0.29) is 12.2 Å². The van der Waals surface area contributed by atoms with Gasteiger partial charge in [-0.2, -0.15) is 0 Å². The zero-order valence-electron chi connectivity index (χ0n) is 10.2. The van der Waals surface area contributed by atoms with E-state index in [2.05, 4.69) is 6.58 Å². The van der Waals surface area contributed by atoms with Crippen LogP contribution in [-0.4, -0.2) is 25.1 Å². The van der Waals surface area contributed by atoms with Crippen LogP contribution in [0.3, 0.4) is 0 Å². The van der Waals surface area contributed by atoms with Gasteiger partial charge in [0.1, 0.15) is 18.0 Å². The van der Waals surface area contributed by atoms with E-state index in [1.54, 1.807) is 7.11 Å². The molecule has 2 atom stereocenters. The molecule has 0 bridgehead atoms. The van der Waals surface area contributed by atoms with Crippen LogP contribution in [0.25, 0.3) is 0 Å². The van der Waals surface area contributed by atoms with Gasteiger partial charge >= 0.3 is 0 Å². The molecule has 1 heterocycles. The Morgan fingerprint density at radius 1 is 1.53 bits per heavy atom. The molecule has 0 spiro atoms. The lowest BCUT2D eigenvalue weighted by atomic mass is 10.1. The highest BCUT2D eigenvalue weighted by atomic mass is 16.8. The van der Waals surface area contributed by atoms with E-state index in [0.717, 1.165) is 0 Å². The van der Waals surface area contributed by atoms with Crippen molar-refractivity contribution in [2.24, 2.45) is 0 Å². The van der Waals surface area contributed by atoms with E-state index in [1.807, 2.05) is 33.8 Å². The summed E-state index contributed by atoms with van der Waals surface area (Å²) in [6.07, 6.45) is 1.66. The molecular weight excluding hydrogens is 192 g/mol. The molecule has 1 saturated heterocycles. The smallest absolute Gasteiger partial charge is 0.205 e. The van der Waals surface area contributed by atoms with Crippen molar-refractivity contribution in [3.8, 4) is 0 Å². The van der Waals surface area contributed by atoms with Gasteiger partial charge in [0, 0.05) is 21.0 Å². The second-order valence-corrected chi connectivity index (χ2v) is 4.45. The third-order valence-electron chi connectivity index (χ3n) is 2.17. The first-order chi connectivity index (χ1) is 6.85. The molecule has 0 aromatic carbocycles. The Balaban J connectivity index is 2.79. The predicted molar refractivity (Wildman–Crippen MR) is 59.4 cm³/mol. The van der Waals surface area contributed by atoms with E-state index < -0.39 is 5.79 Å². The fourth-order valence-electron chi connectivity index (χ4n) is 1.63. The van der Waals surface area contributed by atoms with Crippen molar-refractivity contribution in [3.05, 3.63) is 24.0 Å². The normalized spacial score (nSPS) is 25.9. The summed E-state index contributed by atoms with van der Waals surface area (Å²) in [5.41, 5.74) is 1.18. The second kappa shape index (κ2) is 4.37. The Kier molecular flexibility index (Phi) is 3.58. The van der Waals surface area contributed by atoms with Crippen molar-refractivity contribution < 1.29 is 14.2 Å². The van der Waals surface area contributed by atoms with Crippen LogP contribution in [0, 0.1) is 0 Å². The largest absolute Gasteiger partial charge is 0.465 e. The summed E-state index contributed by atoms with van der Waals surface area (Å²) in [7, 11) is 1.66. The van der Waals surface area contributed by atoms with Gasteiger partial charge in [-0.1, -0.05) is 18.2 Å². The van der Waals surface area contributed by atoms with Gasteiger partial charge in [-0.3, -0.25) is 0 Å². The quantitative estimate of drug-likeness (QED) is 0.673. The first-order valence-electron chi connectivity index (χ1n) is 5.09. The molecule has 0 aliphatic carbocycles. The summed E-state index contributed by atoms with van der Waals surface area (Å²) in [6.45, 7) is 11.6. The third-order valence-corrected chi connectivity index (χ3v) is 2.17. The lowest BCUT2D eigenvalue weighted by molar-refractivity contribution is -0.146.